The van der Waals surface area contributed by atoms with Crippen LogP contribution in [0.4, 0.5) is 13.9 Å². The lowest BCUT2D eigenvalue weighted by molar-refractivity contribution is 0.102. The first kappa shape index (κ1) is 15.8. The van der Waals surface area contributed by atoms with E-state index in [9.17, 15) is 13.6 Å². The summed E-state index contributed by atoms with van der Waals surface area (Å²) in [5.41, 5.74) is 1.29. The summed E-state index contributed by atoms with van der Waals surface area (Å²) in [6.45, 7) is 0. The van der Waals surface area contributed by atoms with Crippen molar-refractivity contribution in [1.82, 2.24) is 9.97 Å². The fourth-order valence-electron chi connectivity index (χ4n) is 2.25. The molecule has 0 radical (unpaired) electrons. The average Bonchev–Trinajstić information content (AvgIpc) is 3.20. The molecule has 8 heteroatoms. The number of carbonyl (C=O) groups excluding carboxylic acids is 1. The molecule has 0 aliphatic rings. The van der Waals surface area contributed by atoms with Gasteiger partial charge in [0.15, 0.2) is 5.13 Å². The monoisotopic (exact) mass is 373 g/mol. The van der Waals surface area contributed by atoms with Gasteiger partial charge in [0.2, 0.25) is 0 Å². The molecular weight excluding hydrogens is 364 g/mol. The normalized spacial score (nSPS) is 11.0. The number of para-hydroxylation sites is 1. The molecule has 0 saturated heterocycles. The first-order valence-electron chi connectivity index (χ1n) is 7.18. The second-order valence-electron chi connectivity index (χ2n) is 5.10. The number of fused-ring (bicyclic) bond motifs is 1. The third-order valence-electron chi connectivity index (χ3n) is 3.41. The largest absolute Gasteiger partial charge is 0.298 e. The van der Waals surface area contributed by atoms with Gasteiger partial charge in [-0.15, -0.1) is 22.7 Å². The van der Waals surface area contributed by atoms with Crippen LogP contribution in [-0.4, -0.2) is 15.9 Å². The van der Waals surface area contributed by atoms with Crippen molar-refractivity contribution < 1.29 is 13.6 Å². The predicted molar refractivity (Wildman–Crippen MR) is 95.0 cm³/mol. The third kappa shape index (κ3) is 3.13. The number of rotatable bonds is 3. The number of thiazole rings is 2. The van der Waals surface area contributed by atoms with Gasteiger partial charge in [-0.2, -0.15) is 0 Å². The molecule has 124 valence electrons. The van der Waals surface area contributed by atoms with Crippen LogP contribution in [0.25, 0.3) is 20.9 Å². The van der Waals surface area contributed by atoms with Crippen LogP contribution in [0.2, 0.25) is 0 Å². The Hall–Kier alpha value is -2.71. The molecule has 0 aliphatic heterocycles. The highest BCUT2D eigenvalue weighted by atomic mass is 32.1. The van der Waals surface area contributed by atoms with Gasteiger partial charge in [-0.1, -0.05) is 12.1 Å². The van der Waals surface area contributed by atoms with Gasteiger partial charge in [0.25, 0.3) is 5.91 Å². The van der Waals surface area contributed by atoms with E-state index in [1.165, 1.54) is 22.7 Å². The predicted octanol–water partition coefficient (Wildman–Crippen LogP) is 4.95. The van der Waals surface area contributed by atoms with Gasteiger partial charge >= 0.3 is 0 Å². The Bertz CT molecular complexity index is 1060. The van der Waals surface area contributed by atoms with Crippen LogP contribution >= 0.6 is 22.7 Å². The van der Waals surface area contributed by atoms with Crippen LogP contribution in [0.15, 0.2) is 47.8 Å². The van der Waals surface area contributed by atoms with Gasteiger partial charge in [0.1, 0.15) is 22.3 Å². The Morgan fingerprint density at radius 1 is 1.08 bits per heavy atom. The first-order valence-corrected chi connectivity index (χ1v) is 8.87. The van der Waals surface area contributed by atoms with Crippen molar-refractivity contribution in [1.29, 1.82) is 0 Å². The summed E-state index contributed by atoms with van der Waals surface area (Å²) in [5, 5.41) is 5.36. The van der Waals surface area contributed by atoms with Gasteiger partial charge in [0, 0.05) is 11.4 Å². The maximum atomic E-state index is 13.7. The molecule has 4 nitrogen and oxygen atoms in total. The van der Waals surface area contributed by atoms with Crippen LogP contribution in [0.1, 0.15) is 10.4 Å². The number of nitrogens with one attached hydrogen (secondary N) is 1. The van der Waals surface area contributed by atoms with E-state index in [2.05, 4.69) is 15.3 Å². The highest BCUT2D eigenvalue weighted by molar-refractivity contribution is 7.22. The molecule has 1 amide bonds. The minimum Gasteiger partial charge on any atom is -0.298 e. The molecule has 0 aliphatic carbocycles. The highest BCUT2D eigenvalue weighted by Gasteiger charge is 2.15. The lowest BCUT2D eigenvalue weighted by Gasteiger charge is -2.02. The number of halogens is 2. The third-order valence-corrected chi connectivity index (χ3v) is 5.23. The SMILES string of the molecule is O=C(Nc1nc(-c2nc3ccccc3s2)cs1)c1ccc(F)cc1F. The maximum absolute atomic E-state index is 13.7. The molecule has 0 unspecified atom stereocenters. The van der Waals surface area contributed by atoms with Crippen molar-refractivity contribution in [3.8, 4) is 10.7 Å². The van der Waals surface area contributed by atoms with Crippen molar-refractivity contribution in [2.75, 3.05) is 5.32 Å². The fourth-order valence-corrected chi connectivity index (χ4v) is 3.94. The van der Waals surface area contributed by atoms with Crippen LogP contribution in [-0.2, 0) is 0 Å². The molecule has 2 aromatic carbocycles. The number of hydrogen-bond acceptors (Lipinski definition) is 5. The summed E-state index contributed by atoms with van der Waals surface area (Å²) in [4.78, 5) is 20.9. The number of amides is 1. The zero-order chi connectivity index (χ0) is 17.4. The van der Waals surface area contributed by atoms with Gasteiger partial charge in [-0.05, 0) is 24.3 Å². The van der Waals surface area contributed by atoms with E-state index in [0.717, 1.165) is 27.4 Å². The quantitative estimate of drug-likeness (QED) is 0.553. The highest BCUT2D eigenvalue weighted by Crippen LogP contribution is 2.32. The zero-order valence-corrected chi connectivity index (χ0v) is 14.1. The van der Waals surface area contributed by atoms with Crippen LogP contribution in [0.5, 0.6) is 0 Å². The van der Waals surface area contributed by atoms with Gasteiger partial charge in [-0.25, -0.2) is 18.7 Å². The number of benzene rings is 2. The molecular formula is C17H9F2N3OS2. The molecule has 0 fully saturated rings. The van der Waals surface area contributed by atoms with E-state index >= 15 is 0 Å². The van der Waals surface area contributed by atoms with E-state index in [4.69, 9.17) is 0 Å². The molecule has 4 rings (SSSR count). The Balaban J connectivity index is 1.57. The molecule has 0 atom stereocenters. The van der Waals surface area contributed by atoms with E-state index in [1.54, 1.807) is 5.38 Å². The molecule has 0 bridgehead atoms. The summed E-state index contributed by atoms with van der Waals surface area (Å²) in [5.74, 6) is -2.33. The lowest BCUT2D eigenvalue weighted by Crippen LogP contribution is -2.13. The van der Waals surface area contributed by atoms with Crippen molar-refractivity contribution in [3.05, 3.63) is 65.0 Å². The minimum absolute atomic E-state index is 0.238. The van der Waals surface area contributed by atoms with Crippen molar-refractivity contribution in [2.24, 2.45) is 0 Å². The summed E-state index contributed by atoms with van der Waals surface area (Å²) in [6.07, 6.45) is 0. The molecule has 1 N–H and O–H groups in total. The summed E-state index contributed by atoms with van der Waals surface area (Å²) < 4.78 is 27.6. The summed E-state index contributed by atoms with van der Waals surface area (Å²) in [7, 11) is 0. The Labute approximate surface area is 148 Å². The topological polar surface area (TPSA) is 54.9 Å². The smallest absolute Gasteiger partial charge is 0.260 e. The molecule has 2 heterocycles. The first-order chi connectivity index (χ1) is 12.1. The van der Waals surface area contributed by atoms with E-state index in [0.29, 0.717) is 16.9 Å². The van der Waals surface area contributed by atoms with Crippen LogP contribution < -0.4 is 5.32 Å². The molecule has 0 spiro atoms. The molecule has 2 aromatic heterocycles. The van der Waals surface area contributed by atoms with Crippen LogP contribution in [0, 0.1) is 11.6 Å². The van der Waals surface area contributed by atoms with Gasteiger partial charge < -0.3 is 0 Å². The number of anilines is 1. The summed E-state index contributed by atoms with van der Waals surface area (Å²) in [6, 6.07) is 10.5. The van der Waals surface area contributed by atoms with Gasteiger partial charge in [-0.3, -0.25) is 10.1 Å². The van der Waals surface area contributed by atoms with E-state index in [1.807, 2.05) is 24.3 Å². The average molecular weight is 373 g/mol. The van der Waals surface area contributed by atoms with Crippen molar-refractivity contribution in [3.63, 3.8) is 0 Å². The maximum Gasteiger partial charge on any atom is 0.260 e. The molecule has 4 aromatic rings. The Morgan fingerprint density at radius 3 is 2.72 bits per heavy atom. The fraction of sp³-hybridized carbons (Fsp3) is 0. The lowest BCUT2D eigenvalue weighted by atomic mass is 10.2. The Kier molecular flexibility index (Phi) is 3.98. The van der Waals surface area contributed by atoms with Crippen LogP contribution in [0.3, 0.4) is 0 Å². The number of aromatic nitrogens is 2. The molecule has 25 heavy (non-hydrogen) atoms. The van der Waals surface area contributed by atoms with Gasteiger partial charge in [0.05, 0.1) is 15.8 Å². The van der Waals surface area contributed by atoms with Crippen molar-refractivity contribution >= 4 is 43.9 Å². The second kappa shape index (κ2) is 6.30. The number of nitrogens with zero attached hydrogens (tertiary/aromatic N) is 2. The molecule has 0 saturated carbocycles. The number of carbonyl (C=O) groups is 1. The zero-order valence-electron chi connectivity index (χ0n) is 12.5. The second-order valence-corrected chi connectivity index (χ2v) is 6.99. The van der Waals surface area contributed by atoms with Crippen molar-refractivity contribution in [2.45, 2.75) is 0 Å². The standard InChI is InChI=1S/C17H9F2N3OS2/c18-9-5-6-10(11(19)7-9)15(23)22-17-21-13(8-24-17)16-20-12-3-1-2-4-14(12)25-16/h1-8H,(H,21,22,23). The van der Waals surface area contributed by atoms with E-state index in [-0.39, 0.29) is 5.56 Å². The number of hydrogen-bond donors (Lipinski definition) is 1. The van der Waals surface area contributed by atoms with E-state index < -0.39 is 17.5 Å². The summed E-state index contributed by atoms with van der Waals surface area (Å²) >= 11 is 2.72. The minimum atomic E-state index is -0.916. The Morgan fingerprint density at radius 2 is 1.92 bits per heavy atom.